The van der Waals surface area contributed by atoms with Crippen LogP contribution >= 0.6 is 0 Å². The van der Waals surface area contributed by atoms with Gasteiger partial charge in [0.05, 0.1) is 6.61 Å². The Hall–Kier alpha value is -1.39. The molecular formula is C18H30O4. The molecule has 0 radical (unpaired) electrons. The van der Waals surface area contributed by atoms with E-state index in [1.807, 2.05) is 0 Å². The first-order valence-corrected chi connectivity index (χ1v) is 8.22. The summed E-state index contributed by atoms with van der Waals surface area (Å²) in [5.74, 6) is -0.691. The number of aliphatic carboxylic acids is 1. The van der Waals surface area contributed by atoms with Crippen LogP contribution in [0.15, 0.2) is 36.5 Å². The highest BCUT2D eigenvalue weighted by Gasteiger charge is 1.95. The summed E-state index contributed by atoms with van der Waals surface area (Å²) in [5.41, 5.74) is 0. The average molecular weight is 310 g/mol. The largest absolute Gasteiger partial charge is 0.481 e. The van der Waals surface area contributed by atoms with Crippen LogP contribution in [0.3, 0.4) is 0 Å². The Labute approximate surface area is 134 Å². The highest BCUT2D eigenvalue weighted by Crippen LogP contribution is 2.07. The third-order valence-corrected chi connectivity index (χ3v) is 3.19. The van der Waals surface area contributed by atoms with Crippen molar-refractivity contribution in [1.29, 1.82) is 0 Å². The van der Waals surface area contributed by atoms with Gasteiger partial charge in [-0.2, -0.15) is 0 Å². The second-order valence-electron chi connectivity index (χ2n) is 5.24. The van der Waals surface area contributed by atoms with Gasteiger partial charge in [-0.1, -0.05) is 55.7 Å². The van der Waals surface area contributed by atoms with E-state index in [2.05, 4.69) is 41.3 Å². The van der Waals surface area contributed by atoms with Gasteiger partial charge in [-0.05, 0) is 38.5 Å². The van der Waals surface area contributed by atoms with E-state index in [-0.39, 0.29) is 0 Å². The topological polar surface area (TPSA) is 66.8 Å². The maximum Gasteiger partial charge on any atom is 0.303 e. The summed E-state index contributed by atoms with van der Waals surface area (Å²) < 4.78 is 0. The molecule has 0 amide bonds. The van der Waals surface area contributed by atoms with Gasteiger partial charge in [-0.15, -0.1) is 0 Å². The fourth-order valence-electron chi connectivity index (χ4n) is 1.96. The quantitative estimate of drug-likeness (QED) is 0.145. The molecule has 0 aliphatic heterocycles. The molecule has 0 rings (SSSR count). The van der Waals surface area contributed by atoms with Crippen LogP contribution < -0.4 is 0 Å². The van der Waals surface area contributed by atoms with Crippen molar-refractivity contribution >= 4 is 5.97 Å². The summed E-state index contributed by atoms with van der Waals surface area (Å²) >= 11 is 0. The monoisotopic (exact) mass is 310 g/mol. The van der Waals surface area contributed by atoms with Crippen LogP contribution in [0, 0.1) is 0 Å². The first-order chi connectivity index (χ1) is 10.8. The van der Waals surface area contributed by atoms with Crippen molar-refractivity contribution < 1.29 is 20.0 Å². The van der Waals surface area contributed by atoms with E-state index in [1.54, 1.807) is 0 Å². The molecule has 0 saturated heterocycles. The summed E-state index contributed by atoms with van der Waals surface area (Å²) in [6, 6.07) is 0. The second kappa shape index (κ2) is 17.7. The van der Waals surface area contributed by atoms with Gasteiger partial charge in [0, 0.05) is 6.42 Å². The number of carboxylic acids is 1. The molecule has 0 bridgehead atoms. The minimum absolute atomic E-state index is 0.300. The Bertz CT molecular complexity index is 332. The summed E-state index contributed by atoms with van der Waals surface area (Å²) in [7, 11) is 0. The van der Waals surface area contributed by atoms with Gasteiger partial charge in [0.2, 0.25) is 0 Å². The number of unbranched alkanes of at least 4 members (excludes halogenated alkanes) is 6. The highest BCUT2D eigenvalue weighted by atomic mass is 17.1. The number of carboxylic acid groups (broad SMARTS) is 1. The smallest absolute Gasteiger partial charge is 0.303 e. The molecule has 0 aromatic carbocycles. The molecule has 0 aromatic heterocycles. The van der Waals surface area contributed by atoms with Crippen LogP contribution in [0.25, 0.3) is 0 Å². The van der Waals surface area contributed by atoms with E-state index in [1.165, 1.54) is 12.8 Å². The van der Waals surface area contributed by atoms with Gasteiger partial charge in [0.25, 0.3) is 0 Å². The van der Waals surface area contributed by atoms with Gasteiger partial charge in [0.15, 0.2) is 0 Å². The molecule has 22 heavy (non-hydrogen) atoms. The van der Waals surface area contributed by atoms with Gasteiger partial charge >= 0.3 is 5.97 Å². The van der Waals surface area contributed by atoms with Gasteiger partial charge < -0.3 is 5.11 Å². The molecule has 4 nitrogen and oxygen atoms in total. The summed E-state index contributed by atoms with van der Waals surface area (Å²) in [6.45, 7) is 0.391. The zero-order valence-corrected chi connectivity index (χ0v) is 13.5. The number of carbonyl (C=O) groups is 1. The molecule has 0 fully saturated rings. The summed E-state index contributed by atoms with van der Waals surface area (Å²) in [6.07, 6.45) is 22.0. The lowest BCUT2D eigenvalue weighted by molar-refractivity contribution is -0.242. The molecule has 4 heteroatoms. The lowest BCUT2D eigenvalue weighted by atomic mass is 10.1. The molecule has 0 aromatic rings. The minimum atomic E-state index is -0.691. The lowest BCUT2D eigenvalue weighted by Gasteiger charge is -1.97. The van der Waals surface area contributed by atoms with Crippen LogP contribution in [0.5, 0.6) is 0 Å². The van der Waals surface area contributed by atoms with Crippen molar-refractivity contribution in [2.24, 2.45) is 0 Å². The summed E-state index contributed by atoms with van der Waals surface area (Å²) in [4.78, 5) is 14.3. The van der Waals surface area contributed by atoms with Crippen molar-refractivity contribution in [3.05, 3.63) is 36.5 Å². The summed E-state index contributed by atoms with van der Waals surface area (Å²) in [5, 5.41) is 16.6. The van der Waals surface area contributed by atoms with Gasteiger partial charge in [0.1, 0.15) is 0 Å². The third kappa shape index (κ3) is 18.6. The maximum atomic E-state index is 10.3. The van der Waals surface area contributed by atoms with E-state index in [4.69, 9.17) is 10.4 Å². The Morgan fingerprint density at radius 2 is 1.50 bits per heavy atom. The van der Waals surface area contributed by atoms with Crippen LogP contribution in [-0.4, -0.2) is 22.9 Å². The lowest BCUT2D eigenvalue weighted by Crippen LogP contribution is -1.93. The number of allylic oxidation sites excluding steroid dienone is 6. The number of hydrogen-bond acceptors (Lipinski definition) is 3. The predicted molar refractivity (Wildman–Crippen MR) is 89.8 cm³/mol. The van der Waals surface area contributed by atoms with Crippen molar-refractivity contribution in [2.75, 3.05) is 6.61 Å². The van der Waals surface area contributed by atoms with Crippen LogP contribution in [-0.2, 0) is 9.68 Å². The Balaban J connectivity index is 3.29. The first kappa shape index (κ1) is 20.6. The molecular weight excluding hydrogens is 280 g/mol. The molecule has 126 valence electrons. The van der Waals surface area contributed by atoms with E-state index in [9.17, 15) is 4.79 Å². The second-order valence-corrected chi connectivity index (χ2v) is 5.24. The molecule has 0 aliphatic carbocycles. The average Bonchev–Trinajstić information content (AvgIpc) is 2.50. The first-order valence-electron chi connectivity index (χ1n) is 8.22. The number of hydrogen-bond donors (Lipinski definition) is 2. The zero-order valence-electron chi connectivity index (χ0n) is 13.5. The van der Waals surface area contributed by atoms with E-state index >= 15 is 0 Å². The molecule has 0 spiro atoms. The predicted octanol–water partition coefficient (Wildman–Crippen LogP) is 5.13. The number of rotatable bonds is 15. The Morgan fingerprint density at radius 3 is 2.27 bits per heavy atom. The maximum absolute atomic E-state index is 10.3. The molecule has 0 saturated carbocycles. The fourth-order valence-corrected chi connectivity index (χ4v) is 1.96. The Morgan fingerprint density at radius 1 is 0.818 bits per heavy atom. The van der Waals surface area contributed by atoms with Crippen molar-refractivity contribution in [3.63, 3.8) is 0 Å². The molecule has 0 aliphatic rings. The standard InChI is InChI=1S/C18H30O4/c19-18(20)16-14-12-10-8-6-4-2-1-3-5-7-9-11-13-15-17-22-21/h1-3,5,9,11,21H,4,6-8,10,12-17H2,(H,19,20). The van der Waals surface area contributed by atoms with E-state index in [0.29, 0.717) is 13.0 Å². The van der Waals surface area contributed by atoms with Crippen molar-refractivity contribution in [2.45, 2.75) is 64.2 Å². The van der Waals surface area contributed by atoms with E-state index in [0.717, 1.165) is 44.9 Å². The van der Waals surface area contributed by atoms with Gasteiger partial charge in [-0.25, -0.2) is 4.89 Å². The molecule has 0 atom stereocenters. The van der Waals surface area contributed by atoms with Crippen LogP contribution in [0.2, 0.25) is 0 Å². The Kier molecular flexibility index (Phi) is 16.5. The third-order valence-electron chi connectivity index (χ3n) is 3.19. The fraction of sp³-hybridized carbons (Fsp3) is 0.611. The zero-order chi connectivity index (χ0) is 16.3. The van der Waals surface area contributed by atoms with Crippen LogP contribution in [0.1, 0.15) is 64.2 Å². The molecule has 2 N–H and O–H groups in total. The van der Waals surface area contributed by atoms with Crippen molar-refractivity contribution in [3.8, 4) is 0 Å². The van der Waals surface area contributed by atoms with Gasteiger partial charge in [-0.3, -0.25) is 10.1 Å². The van der Waals surface area contributed by atoms with Crippen LogP contribution in [0.4, 0.5) is 0 Å². The molecule has 0 heterocycles. The SMILES string of the molecule is O=C(O)CCCCCCCC=CC=CCC=CCCCOO. The highest BCUT2D eigenvalue weighted by molar-refractivity contribution is 5.66. The normalized spacial score (nSPS) is 12.0. The van der Waals surface area contributed by atoms with E-state index < -0.39 is 5.97 Å². The van der Waals surface area contributed by atoms with Crippen molar-refractivity contribution in [1.82, 2.24) is 0 Å². The molecule has 0 unspecified atom stereocenters. The minimum Gasteiger partial charge on any atom is -0.481 e.